The van der Waals surface area contributed by atoms with Gasteiger partial charge in [0, 0.05) is 36.9 Å². The van der Waals surface area contributed by atoms with Gasteiger partial charge in [-0.15, -0.1) is 0 Å². The van der Waals surface area contributed by atoms with Crippen molar-refractivity contribution in [1.29, 1.82) is 0 Å². The van der Waals surface area contributed by atoms with Crippen molar-refractivity contribution in [2.24, 2.45) is 0 Å². The first kappa shape index (κ1) is 21.0. The number of hydrogen-bond acceptors (Lipinski definition) is 5. The number of piperidine rings is 1. The van der Waals surface area contributed by atoms with Crippen LogP contribution in [0.1, 0.15) is 31.2 Å². The number of carboxylic acid groups (broad SMARTS) is 1. The molecule has 0 radical (unpaired) electrons. The summed E-state index contributed by atoms with van der Waals surface area (Å²) in [7, 11) is 2.13. The minimum Gasteiger partial charge on any atom is -0.481 e. The third-order valence-electron chi connectivity index (χ3n) is 6.91. The van der Waals surface area contributed by atoms with E-state index >= 15 is 0 Å². The fourth-order valence-electron chi connectivity index (χ4n) is 5.24. The number of morpholine rings is 1. The zero-order chi connectivity index (χ0) is 22.2. The number of hydrogen-bond donors (Lipinski definition) is 2. The van der Waals surface area contributed by atoms with Crippen LogP contribution in [0.2, 0.25) is 0 Å². The summed E-state index contributed by atoms with van der Waals surface area (Å²) >= 11 is 0. The van der Waals surface area contributed by atoms with Crippen LogP contribution in [0.4, 0.5) is 10.5 Å². The maximum Gasteiger partial charge on any atom is 0.411 e. The predicted molar refractivity (Wildman–Crippen MR) is 120 cm³/mol. The van der Waals surface area contributed by atoms with Crippen LogP contribution in [0.15, 0.2) is 48.5 Å². The van der Waals surface area contributed by atoms with E-state index in [-0.39, 0.29) is 12.5 Å². The molecule has 7 heteroatoms. The monoisotopic (exact) mass is 436 g/mol. The molecule has 0 aliphatic carbocycles. The summed E-state index contributed by atoms with van der Waals surface area (Å²) in [5.74, 6) is -0.791. The second kappa shape index (κ2) is 8.56. The number of epoxide rings is 1. The highest BCUT2D eigenvalue weighted by Crippen LogP contribution is 2.48. The molecule has 2 aromatic carbocycles. The highest BCUT2D eigenvalue weighted by molar-refractivity contribution is 5.91. The van der Waals surface area contributed by atoms with Crippen molar-refractivity contribution < 1.29 is 24.2 Å². The number of carboxylic acids is 1. The maximum atomic E-state index is 12.8. The van der Waals surface area contributed by atoms with E-state index < -0.39 is 12.1 Å². The SMILES string of the molecule is CN1[C@@H]2CC(OC(=O)Nc3ccc(CCCC(=O)O)cc3-c3ccccc3)C[C@H]1[C@@H]1O[C@@H]12. The summed E-state index contributed by atoms with van der Waals surface area (Å²) < 4.78 is 11.5. The van der Waals surface area contributed by atoms with Crippen LogP contribution in [-0.2, 0) is 20.7 Å². The first-order valence-corrected chi connectivity index (χ1v) is 11.2. The van der Waals surface area contributed by atoms with Gasteiger partial charge in [0.2, 0.25) is 0 Å². The summed E-state index contributed by atoms with van der Waals surface area (Å²) in [6, 6.07) is 16.3. The average Bonchev–Trinajstić information content (AvgIpc) is 3.53. The van der Waals surface area contributed by atoms with Crippen LogP contribution in [0.25, 0.3) is 11.1 Å². The topological polar surface area (TPSA) is 91.4 Å². The van der Waals surface area contributed by atoms with Gasteiger partial charge in [-0.2, -0.15) is 0 Å². The van der Waals surface area contributed by atoms with Gasteiger partial charge in [-0.3, -0.25) is 15.0 Å². The molecule has 168 valence electrons. The van der Waals surface area contributed by atoms with Crippen molar-refractivity contribution >= 4 is 17.7 Å². The van der Waals surface area contributed by atoms with E-state index in [1.54, 1.807) is 0 Å². The molecule has 2 aromatic rings. The molecular formula is C25H28N2O5. The number of carbonyl (C=O) groups is 2. The molecule has 3 heterocycles. The van der Waals surface area contributed by atoms with Gasteiger partial charge in [0.15, 0.2) is 0 Å². The largest absolute Gasteiger partial charge is 0.481 e. The molecule has 3 saturated heterocycles. The molecule has 7 nitrogen and oxygen atoms in total. The zero-order valence-electron chi connectivity index (χ0n) is 18.1. The smallest absolute Gasteiger partial charge is 0.411 e. The van der Waals surface area contributed by atoms with Gasteiger partial charge in [-0.25, -0.2) is 4.79 Å². The minimum atomic E-state index is -0.791. The number of amides is 1. The Morgan fingerprint density at radius 2 is 1.84 bits per heavy atom. The number of rotatable bonds is 7. The van der Waals surface area contributed by atoms with E-state index in [1.807, 2.05) is 48.5 Å². The molecule has 5 rings (SSSR count). The standard InChI is InChI=1S/C25H28N2O5/c1-27-20-13-17(14-21(27)24-23(20)32-24)31-25(30)26-19-11-10-15(6-5-9-22(28)29)12-18(19)16-7-3-2-4-8-16/h2-4,7-8,10-12,17,20-21,23-24H,5-6,9,13-14H2,1H3,(H,26,30)(H,28,29)/t17?,20-,21+,23-,24+. The Balaban J connectivity index is 1.28. The van der Waals surface area contributed by atoms with Crippen LogP contribution in [0.5, 0.6) is 0 Å². The zero-order valence-corrected chi connectivity index (χ0v) is 18.1. The van der Waals surface area contributed by atoms with Crippen LogP contribution < -0.4 is 5.32 Å². The minimum absolute atomic E-state index is 0.104. The Morgan fingerprint density at radius 1 is 1.12 bits per heavy atom. The van der Waals surface area contributed by atoms with Gasteiger partial charge in [0.1, 0.15) is 18.3 Å². The second-order valence-electron chi connectivity index (χ2n) is 8.98. The van der Waals surface area contributed by atoms with Crippen molar-refractivity contribution in [3.8, 4) is 11.1 Å². The molecular weight excluding hydrogens is 408 g/mol. The molecule has 0 spiro atoms. The van der Waals surface area contributed by atoms with Crippen molar-refractivity contribution in [1.82, 2.24) is 4.90 Å². The van der Waals surface area contributed by atoms with Crippen molar-refractivity contribution in [3.05, 3.63) is 54.1 Å². The number of fused-ring (bicyclic) bond motifs is 5. The first-order valence-electron chi connectivity index (χ1n) is 11.2. The van der Waals surface area contributed by atoms with E-state index in [0.717, 1.165) is 29.5 Å². The Morgan fingerprint density at radius 3 is 2.53 bits per heavy atom. The van der Waals surface area contributed by atoms with E-state index in [0.29, 0.717) is 42.8 Å². The number of anilines is 1. The molecule has 3 aliphatic heterocycles. The predicted octanol–water partition coefficient (Wildman–Crippen LogP) is 3.92. The van der Waals surface area contributed by atoms with E-state index in [1.165, 1.54) is 0 Å². The number of nitrogens with one attached hydrogen (secondary N) is 1. The van der Waals surface area contributed by atoms with Crippen LogP contribution in [-0.4, -0.2) is 59.5 Å². The summed E-state index contributed by atoms with van der Waals surface area (Å²) in [6.07, 6.45) is 3.05. The molecule has 1 amide bonds. The van der Waals surface area contributed by atoms with Gasteiger partial charge >= 0.3 is 12.1 Å². The molecule has 3 fully saturated rings. The fourth-order valence-corrected chi connectivity index (χ4v) is 5.24. The van der Waals surface area contributed by atoms with Crippen molar-refractivity contribution in [2.45, 2.75) is 62.5 Å². The summed E-state index contributed by atoms with van der Waals surface area (Å²) in [5, 5.41) is 11.8. The number of carbonyl (C=O) groups excluding carboxylic acids is 1. The highest BCUT2D eigenvalue weighted by Gasteiger charge is 2.62. The number of aryl methyl sites for hydroxylation is 1. The average molecular weight is 437 g/mol. The number of nitrogens with zero attached hydrogens (tertiary/aromatic N) is 1. The Kier molecular flexibility index (Phi) is 5.61. The van der Waals surface area contributed by atoms with E-state index in [4.69, 9.17) is 14.6 Å². The number of aliphatic carboxylic acids is 1. The van der Waals surface area contributed by atoms with Gasteiger partial charge < -0.3 is 14.6 Å². The summed E-state index contributed by atoms with van der Waals surface area (Å²) in [4.78, 5) is 26.0. The Hall–Kier alpha value is -2.90. The molecule has 3 aliphatic rings. The van der Waals surface area contributed by atoms with Crippen LogP contribution in [0, 0.1) is 0 Å². The highest BCUT2D eigenvalue weighted by atomic mass is 16.6. The van der Waals surface area contributed by atoms with E-state index in [2.05, 4.69) is 17.3 Å². The number of ether oxygens (including phenoxy) is 2. The Labute approximate surface area is 187 Å². The molecule has 32 heavy (non-hydrogen) atoms. The third kappa shape index (κ3) is 4.23. The lowest BCUT2D eigenvalue weighted by molar-refractivity contribution is -0.137. The maximum absolute atomic E-state index is 12.8. The molecule has 2 bridgehead atoms. The van der Waals surface area contributed by atoms with Crippen LogP contribution in [0.3, 0.4) is 0 Å². The summed E-state index contributed by atoms with van der Waals surface area (Å²) in [5.41, 5.74) is 3.60. The van der Waals surface area contributed by atoms with Gasteiger partial charge in [-0.05, 0) is 43.1 Å². The summed E-state index contributed by atoms with van der Waals surface area (Å²) in [6.45, 7) is 0. The number of likely N-dealkylation sites (N-methyl/N-ethyl adjacent to an activating group) is 1. The third-order valence-corrected chi connectivity index (χ3v) is 6.91. The lowest BCUT2D eigenvalue weighted by atomic mass is 9.98. The lowest BCUT2D eigenvalue weighted by Gasteiger charge is -2.37. The molecule has 0 saturated carbocycles. The van der Waals surface area contributed by atoms with Crippen molar-refractivity contribution in [2.75, 3.05) is 12.4 Å². The molecule has 0 aromatic heterocycles. The second-order valence-corrected chi connectivity index (χ2v) is 8.98. The first-order chi connectivity index (χ1) is 15.5. The normalized spacial score (nSPS) is 28.1. The van der Waals surface area contributed by atoms with Gasteiger partial charge in [0.05, 0.1) is 5.69 Å². The lowest BCUT2D eigenvalue weighted by Crippen LogP contribution is -2.48. The van der Waals surface area contributed by atoms with E-state index in [9.17, 15) is 9.59 Å². The number of benzene rings is 2. The fraction of sp³-hybridized carbons (Fsp3) is 0.440. The van der Waals surface area contributed by atoms with Gasteiger partial charge in [0.25, 0.3) is 0 Å². The molecule has 1 unspecified atom stereocenters. The van der Waals surface area contributed by atoms with Gasteiger partial charge in [-0.1, -0.05) is 36.4 Å². The van der Waals surface area contributed by atoms with Crippen LogP contribution >= 0.6 is 0 Å². The van der Waals surface area contributed by atoms with Crippen molar-refractivity contribution in [3.63, 3.8) is 0 Å². The molecule has 2 N–H and O–H groups in total. The quantitative estimate of drug-likeness (QED) is 0.640. The Bertz CT molecular complexity index is 993. The molecule has 5 atom stereocenters.